The van der Waals surface area contributed by atoms with Gasteiger partial charge in [0.25, 0.3) is 0 Å². The van der Waals surface area contributed by atoms with Gasteiger partial charge in [-0.25, -0.2) is 0 Å². The second-order valence-corrected chi connectivity index (χ2v) is 6.32. The van der Waals surface area contributed by atoms with Gasteiger partial charge in [0.2, 0.25) is 0 Å². The van der Waals surface area contributed by atoms with E-state index in [0.717, 1.165) is 15.9 Å². The van der Waals surface area contributed by atoms with Crippen molar-refractivity contribution in [2.75, 3.05) is 0 Å². The monoisotopic (exact) mass is 315 g/mol. The molecule has 0 aliphatic heterocycles. The summed E-state index contributed by atoms with van der Waals surface area (Å²) in [5.41, 5.74) is 7.49. The van der Waals surface area contributed by atoms with Gasteiger partial charge in [-0.1, -0.05) is 52.9 Å². The number of benzene rings is 1. The molecule has 1 aliphatic rings. The van der Waals surface area contributed by atoms with Gasteiger partial charge in [0.1, 0.15) is 0 Å². The molecule has 0 saturated heterocycles. The summed E-state index contributed by atoms with van der Waals surface area (Å²) in [5.74, 6) is 0.684. The number of hydrogen-bond acceptors (Lipinski definition) is 1. The lowest BCUT2D eigenvalue weighted by molar-refractivity contribution is 0.303. The average molecular weight is 317 g/mol. The van der Waals surface area contributed by atoms with E-state index in [4.69, 9.17) is 17.3 Å². The third-order valence-corrected chi connectivity index (χ3v) is 4.57. The molecule has 1 unspecified atom stereocenters. The van der Waals surface area contributed by atoms with Crippen molar-refractivity contribution < 1.29 is 0 Å². The zero-order chi connectivity index (χ0) is 12.3. The van der Waals surface area contributed by atoms with Crippen LogP contribution in [-0.2, 0) is 6.42 Å². The molecule has 0 amide bonds. The molecule has 94 valence electrons. The molecule has 0 heterocycles. The van der Waals surface area contributed by atoms with E-state index in [1.54, 1.807) is 0 Å². The van der Waals surface area contributed by atoms with E-state index >= 15 is 0 Å². The van der Waals surface area contributed by atoms with Crippen LogP contribution < -0.4 is 5.73 Å². The van der Waals surface area contributed by atoms with Crippen LogP contribution in [0.2, 0.25) is 5.02 Å². The van der Waals surface area contributed by atoms with Crippen molar-refractivity contribution in [1.29, 1.82) is 0 Å². The SMILES string of the molecule is NC(Cc1ccc(Br)cc1Cl)C1CCCCC1. The Morgan fingerprint density at radius 2 is 2.00 bits per heavy atom. The zero-order valence-corrected chi connectivity index (χ0v) is 12.3. The van der Waals surface area contributed by atoms with Crippen molar-refractivity contribution in [3.8, 4) is 0 Å². The van der Waals surface area contributed by atoms with Crippen LogP contribution in [0.1, 0.15) is 37.7 Å². The van der Waals surface area contributed by atoms with Crippen LogP contribution >= 0.6 is 27.5 Å². The molecule has 1 nitrogen and oxygen atoms in total. The van der Waals surface area contributed by atoms with Crippen LogP contribution in [0.4, 0.5) is 0 Å². The number of nitrogens with two attached hydrogens (primary N) is 1. The molecule has 0 bridgehead atoms. The number of halogens is 2. The number of hydrogen-bond donors (Lipinski definition) is 1. The highest BCUT2D eigenvalue weighted by Gasteiger charge is 2.21. The smallest absolute Gasteiger partial charge is 0.0449 e. The first-order valence-electron chi connectivity index (χ1n) is 6.36. The molecule has 0 aromatic heterocycles. The maximum Gasteiger partial charge on any atom is 0.0449 e. The van der Waals surface area contributed by atoms with Gasteiger partial charge in [-0.05, 0) is 42.9 Å². The minimum atomic E-state index is 0.258. The van der Waals surface area contributed by atoms with E-state index < -0.39 is 0 Å². The number of rotatable bonds is 3. The molecule has 1 aliphatic carbocycles. The summed E-state index contributed by atoms with van der Waals surface area (Å²) in [5, 5.41) is 0.825. The Morgan fingerprint density at radius 1 is 1.29 bits per heavy atom. The highest BCUT2D eigenvalue weighted by molar-refractivity contribution is 9.10. The first-order valence-corrected chi connectivity index (χ1v) is 7.53. The summed E-state index contributed by atoms with van der Waals surface area (Å²) in [7, 11) is 0. The molecule has 1 atom stereocenters. The van der Waals surface area contributed by atoms with Gasteiger partial charge < -0.3 is 5.73 Å². The molecule has 1 aromatic carbocycles. The molecular formula is C14H19BrClN. The Balaban J connectivity index is 1.99. The Bertz CT molecular complexity index is 374. The molecule has 1 fully saturated rings. The quantitative estimate of drug-likeness (QED) is 0.869. The fourth-order valence-electron chi connectivity index (χ4n) is 2.67. The van der Waals surface area contributed by atoms with Crippen LogP contribution in [-0.4, -0.2) is 6.04 Å². The Labute approximate surface area is 117 Å². The molecule has 1 aromatic rings. The standard InChI is InChI=1S/C14H19BrClN/c15-12-7-6-11(13(16)9-12)8-14(17)10-4-2-1-3-5-10/h6-7,9-10,14H,1-5,8,17H2. The average Bonchev–Trinajstić information content (AvgIpc) is 2.34. The van der Waals surface area contributed by atoms with Crippen LogP contribution in [0, 0.1) is 5.92 Å². The summed E-state index contributed by atoms with van der Waals surface area (Å²) in [4.78, 5) is 0. The van der Waals surface area contributed by atoms with Gasteiger partial charge in [0.15, 0.2) is 0 Å². The third kappa shape index (κ3) is 3.70. The van der Waals surface area contributed by atoms with E-state index in [1.165, 1.54) is 37.7 Å². The second-order valence-electron chi connectivity index (χ2n) is 5.00. The van der Waals surface area contributed by atoms with E-state index in [0.29, 0.717) is 5.92 Å². The molecule has 1 saturated carbocycles. The molecular weight excluding hydrogens is 298 g/mol. The minimum absolute atomic E-state index is 0.258. The Hall–Kier alpha value is -0.0500. The summed E-state index contributed by atoms with van der Waals surface area (Å²) >= 11 is 9.65. The van der Waals surface area contributed by atoms with Crippen molar-refractivity contribution in [3.05, 3.63) is 33.3 Å². The lowest BCUT2D eigenvalue weighted by atomic mass is 9.82. The first kappa shape index (κ1) is 13.4. The van der Waals surface area contributed by atoms with Crippen LogP contribution in [0.15, 0.2) is 22.7 Å². The molecule has 17 heavy (non-hydrogen) atoms. The Morgan fingerprint density at radius 3 is 2.65 bits per heavy atom. The van der Waals surface area contributed by atoms with E-state index in [9.17, 15) is 0 Å². The first-order chi connectivity index (χ1) is 8.16. The highest BCUT2D eigenvalue weighted by Crippen LogP contribution is 2.29. The van der Waals surface area contributed by atoms with E-state index in [-0.39, 0.29) is 6.04 Å². The van der Waals surface area contributed by atoms with Gasteiger partial charge in [-0.2, -0.15) is 0 Å². The molecule has 0 spiro atoms. The van der Waals surface area contributed by atoms with Crippen molar-refractivity contribution >= 4 is 27.5 Å². The minimum Gasteiger partial charge on any atom is -0.327 e. The van der Waals surface area contributed by atoms with Crippen molar-refractivity contribution in [1.82, 2.24) is 0 Å². The van der Waals surface area contributed by atoms with Crippen molar-refractivity contribution in [2.24, 2.45) is 11.7 Å². The maximum absolute atomic E-state index is 6.32. The van der Waals surface area contributed by atoms with Crippen LogP contribution in [0.5, 0.6) is 0 Å². The van der Waals surface area contributed by atoms with Gasteiger partial charge in [0.05, 0.1) is 0 Å². The maximum atomic E-state index is 6.32. The largest absolute Gasteiger partial charge is 0.327 e. The van der Waals surface area contributed by atoms with Crippen LogP contribution in [0.3, 0.4) is 0 Å². The lowest BCUT2D eigenvalue weighted by Gasteiger charge is -2.27. The van der Waals surface area contributed by atoms with Crippen molar-refractivity contribution in [2.45, 2.75) is 44.6 Å². The van der Waals surface area contributed by atoms with E-state index in [1.807, 2.05) is 12.1 Å². The Kier molecular flexibility index (Phi) is 4.89. The van der Waals surface area contributed by atoms with Gasteiger partial charge in [-0.15, -0.1) is 0 Å². The summed E-state index contributed by atoms with van der Waals surface area (Å²) < 4.78 is 1.03. The second kappa shape index (κ2) is 6.21. The van der Waals surface area contributed by atoms with Gasteiger partial charge in [-0.3, -0.25) is 0 Å². The topological polar surface area (TPSA) is 26.0 Å². The zero-order valence-electron chi connectivity index (χ0n) is 9.96. The predicted molar refractivity (Wildman–Crippen MR) is 77.4 cm³/mol. The van der Waals surface area contributed by atoms with Crippen LogP contribution in [0.25, 0.3) is 0 Å². The predicted octanol–water partition coefficient (Wildman–Crippen LogP) is 4.55. The molecule has 0 radical (unpaired) electrons. The third-order valence-electron chi connectivity index (χ3n) is 3.73. The van der Waals surface area contributed by atoms with E-state index in [2.05, 4.69) is 22.0 Å². The summed E-state index contributed by atoms with van der Waals surface area (Å²) in [6.07, 6.45) is 7.53. The summed E-state index contributed by atoms with van der Waals surface area (Å²) in [6, 6.07) is 6.32. The van der Waals surface area contributed by atoms with Gasteiger partial charge >= 0.3 is 0 Å². The molecule has 2 N–H and O–H groups in total. The fourth-order valence-corrected chi connectivity index (χ4v) is 3.42. The summed E-state index contributed by atoms with van der Waals surface area (Å²) in [6.45, 7) is 0. The lowest BCUT2D eigenvalue weighted by Crippen LogP contribution is -2.33. The molecule has 3 heteroatoms. The fraction of sp³-hybridized carbons (Fsp3) is 0.571. The van der Waals surface area contributed by atoms with Gasteiger partial charge in [0, 0.05) is 15.5 Å². The highest BCUT2D eigenvalue weighted by atomic mass is 79.9. The van der Waals surface area contributed by atoms with Crippen molar-refractivity contribution in [3.63, 3.8) is 0 Å². The molecule has 2 rings (SSSR count). The normalized spacial score (nSPS) is 19.2.